The first-order valence-corrected chi connectivity index (χ1v) is 7.23. The van der Waals surface area contributed by atoms with Crippen molar-refractivity contribution in [3.05, 3.63) is 54.0 Å². The highest BCUT2D eigenvalue weighted by molar-refractivity contribution is 5.95. The fourth-order valence-electron chi connectivity index (χ4n) is 2.45. The van der Waals surface area contributed by atoms with Gasteiger partial charge < -0.3 is 14.5 Å². The second kappa shape index (κ2) is 6.46. The highest BCUT2D eigenvalue weighted by Gasteiger charge is 2.35. The molecule has 1 N–H and O–H groups in total. The van der Waals surface area contributed by atoms with Crippen LogP contribution in [0.1, 0.15) is 11.1 Å². The molecular formula is C17H13F3N2O3. The van der Waals surface area contributed by atoms with Crippen molar-refractivity contribution in [2.45, 2.75) is 12.6 Å². The average molecular weight is 350 g/mol. The molecule has 0 radical (unpaired) electrons. The summed E-state index contributed by atoms with van der Waals surface area (Å²) in [6.45, 7) is 0. The quantitative estimate of drug-likeness (QED) is 0.771. The van der Waals surface area contributed by atoms with Crippen LogP contribution in [0.15, 0.2) is 47.3 Å². The molecule has 25 heavy (non-hydrogen) atoms. The van der Waals surface area contributed by atoms with Crippen molar-refractivity contribution >= 4 is 22.6 Å². The minimum absolute atomic E-state index is 0.133. The van der Waals surface area contributed by atoms with Crippen LogP contribution in [0.2, 0.25) is 0 Å². The summed E-state index contributed by atoms with van der Waals surface area (Å²) in [5, 5.41) is 2.84. The van der Waals surface area contributed by atoms with Crippen LogP contribution >= 0.6 is 0 Å². The third-order valence-electron chi connectivity index (χ3n) is 3.58. The van der Waals surface area contributed by atoms with Crippen LogP contribution in [0.4, 0.5) is 18.9 Å². The number of rotatable bonds is 4. The molecule has 0 spiro atoms. The van der Waals surface area contributed by atoms with E-state index in [9.17, 15) is 18.0 Å². The van der Waals surface area contributed by atoms with Crippen molar-refractivity contribution in [2.75, 3.05) is 12.4 Å². The summed E-state index contributed by atoms with van der Waals surface area (Å²) in [6, 6.07) is 5.42. The molecule has 0 saturated heterocycles. The number of nitrogens with zero attached hydrogens (tertiary/aromatic N) is 1. The molecule has 5 nitrogen and oxygen atoms in total. The number of amides is 1. The number of hydrogen-bond donors (Lipinski definition) is 1. The smallest absolute Gasteiger partial charge is 0.419 e. The molecule has 2 heterocycles. The van der Waals surface area contributed by atoms with Gasteiger partial charge in [0.1, 0.15) is 11.3 Å². The van der Waals surface area contributed by atoms with Crippen molar-refractivity contribution in [1.82, 2.24) is 4.98 Å². The van der Waals surface area contributed by atoms with Crippen molar-refractivity contribution in [2.24, 2.45) is 0 Å². The van der Waals surface area contributed by atoms with Crippen molar-refractivity contribution in [3.63, 3.8) is 0 Å². The second-order valence-electron chi connectivity index (χ2n) is 5.27. The number of ether oxygens (including phenoxy) is 1. The van der Waals surface area contributed by atoms with Gasteiger partial charge in [-0.25, -0.2) is 0 Å². The van der Waals surface area contributed by atoms with Crippen LogP contribution in [0.25, 0.3) is 11.0 Å². The van der Waals surface area contributed by atoms with Gasteiger partial charge in [-0.1, -0.05) is 0 Å². The third kappa shape index (κ3) is 3.57. The number of methoxy groups -OCH3 is 1. The average Bonchev–Trinajstić information content (AvgIpc) is 2.95. The topological polar surface area (TPSA) is 64.4 Å². The van der Waals surface area contributed by atoms with Gasteiger partial charge >= 0.3 is 6.18 Å². The fourth-order valence-corrected chi connectivity index (χ4v) is 2.45. The first-order valence-electron chi connectivity index (χ1n) is 7.23. The molecule has 3 rings (SSSR count). The summed E-state index contributed by atoms with van der Waals surface area (Å²) in [6.07, 6.45) is -0.409. The molecule has 8 heteroatoms. The van der Waals surface area contributed by atoms with E-state index < -0.39 is 11.7 Å². The maximum atomic E-state index is 13.2. The lowest BCUT2D eigenvalue weighted by Gasteiger charge is -2.12. The Morgan fingerprint density at radius 3 is 2.80 bits per heavy atom. The Bertz CT molecular complexity index is 905. The number of furan rings is 1. The van der Waals surface area contributed by atoms with Gasteiger partial charge in [0.2, 0.25) is 5.91 Å². The predicted molar refractivity (Wildman–Crippen MR) is 84.3 cm³/mol. The zero-order valence-electron chi connectivity index (χ0n) is 13.1. The summed E-state index contributed by atoms with van der Waals surface area (Å²) < 4.78 is 49.5. The van der Waals surface area contributed by atoms with Gasteiger partial charge in [0.05, 0.1) is 37.2 Å². The Morgan fingerprint density at radius 2 is 2.16 bits per heavy atom. The maximum Gasteiger partial charge on any atom is 0.419 e. The Hall–Kier alpha value is -3.03. The van der Waals surface area contributed by atoms with Gasteiger partial charge in [0, 0.05) is 23.2 Å². The lowest BCUT2D eigenvalue weighted by Crippen LogP contribution is -2.14. The Morgan fingerprint density at radius 1 is 1.36 bits per heavy atom. The minimum Gasteiger partial charge on any atom is -0.496 e. The van der Waals surface area contributed by atoms with E-state index in [2.05, 4.69) is 10.3 Å². The lowest BCUT2D eigenvalue weighted by molar-refractivity contribution is -0.138. The van der Waals surface area contributed by atoms with Gasteiger partial charge in [-0.2, -0.15) is 13.2 Å². The van der Waals surface area contributed by atoms with Gasteiger partial charge in [0.25, 0.3) is 0 Å². The van der Waals surface area contributed by atoms with Crippen LogP contribution in [0, 0.1) is 0 Å². The molecule has 3 aromatic rings. The van der Waals surface area contributed by atoms with E-state index in [1.807, 2.05) is 0 Å². The first-order chi connectivity index (χ1) is 11.9. The molecule has 0 saturated carbocycles. The van der Waals surface area contributed by atoms with Gasteiger partial charge in [-0.05, 0) is 18.2 Å². The van der Waals surface area contributed by atoms with E-state index in [0.29, 0.717) is 11.3 Å². The van der Waals surface area contributed by atoms with Crippen LogP contribution in [-0.2, 0) is 17.4 Å². The third-order valence-corrected chi connectivity index (χ3v) is 3.58. The molecule has 0 aliphatic heterocycles. The highest BCUT2D eigenvalue weighted by Crippen LogP contribution is 2.39. The number of halogens is 3. The second-order valence-corrected chi connectivity index (χ2v) is 5.27. The Kier molecular flexibility index (Phi) is 4.35. The zero-order chi connectivity index (χ0) is 18.0. The van der Waals surface area contributed by atoms with Crippen LogP contribution in [-0.4, -0.2) is 18.0 Å². The largest absolute Gasteiger partial charge is 0.496 e. The van der Waals surface area contributed by atoms with E-state index in [0.717, 1.165) is 13.2 Å². The number of carbonyl (C=O) groups excluding carboxylic acids is 1. The highest BCUT2D eigenvalue weighted by atomic mass is 19.4. The summed E-state index contributed by atoms with van der Waals surface area (Å²) in [4.78, 5) is 16.0. The fraction of sp³-hybridized carbons (Fsp3) is 0.176. The van der Waals surface area contributed by atoms with Crippen LogP contribution < -0.4 is 10.1 Å². The normalized spacial score (nSPS) is 11.5. The number of benzene rings is 1. The number of anilines is 1. The van der Waals surface area contributed by atoms with Gasteiger partial charge in [-0.3, -0.25) is 9.78 Å². The maximum absolute atomic E-state index is 13.2. The number of pyridine rings is 1. The first kappa shape index (κ1) is 16.8. The molecule has 1 aromatic carbocycles. The summed E-state index contributed by atoms with van der Waals surface area (Å²) in [7, 11) is 1.15. The molecular weight excluding hydrogens is 337 g/mol. The minimum atomic E-state index is -4.58. The molecule has 0 atom stereocenters. The molecule has 0 unspecified atom stereocenters. The van der Waals surface area contributed by atoms with Crippen molar-refractivity contribution < 1.29 is 27.1 Å². The number of hydrogen-bond acceptors (Lipinski definition) is 4. The number of nitrogens with one attached hydrogen (secondary N) is 1. The molecule has 0 aliphatic rings. The van der Waals surface area contributed by atoms with E-state index >= 15 is 0 Å². The zero-order valence-corrected chi connectivity index (χ0v) is 13.1. The van der Waals surface area contributed by atoms with Crippen molar-refractivity contribution in [3.8, 4) is 5.75 Å². The molecule has 130 valence electrons. The van der Waals surface area contributed by atoms with Gasteiger partial charge in [0.15, 0.2) is 0 Å². The van der Waals surface area contributed by atoms with E-state index in [1.165, 1.54) is 18.5 Å². The van der Waals surface area contributed by atoms with Crippen molar-refractivity contribution in [1.29, 1.82) is 0 Å². The van der Waals surface area contributed by atoms with E-state index in [-0.39, 0.29) is 29.0 Å². The number of aromatic nitrogens is 1. The van der Waals surface area contributed by atoms with Crippen LogP contribution in [0.5, 0.6) is 5.75 Å². The summed E-state index contributed by atoms with van der Waals surface area (Å²) >= 11 is 0. The molecule has 0 fully saturated rings. The summed E-state index contributed by atoms with van der Waals surface area (Å²) in [5.74, 6) is -0.721. The number of carbonyl (C=O) groups is 1. The standard InChI is InChI=1S/C17H13F3N2O3/c1-24-15-7-14-12(6-13(15)17(18,19)20)10(9-25-14)5-16(23)22-11-3-2-4-21-8-11/h2-4,6-9H,5H2,1H3,(H,22,23). The van der Waals surface area contributed by atoms with E-state index in [1.54, 1.807) is 18.3 Å². The molecule has 0 bridgehead atoms. The van der Waals surface area contributed by atoms with Gasteiger partial charge in [-0.15, -0.1) is 0 Å². The lowest BCUT2D eigenvalue weighted by atomic mass is 10.1. The Labute approximate surface area is 140 Å². The Balaban J connectivity index is 1.91. The number of fused-ring (bicyclic) bond motifs is 1. The summed E-state index contributed by atoms with van der Waals surface area (Å²) in [5.41, 5.74) is 0.148. The monoisotopic (exact) mass is 350 g/mol. The molecule has 2 aromatic heterocycles. The van der Waals surface area contributed by atoms with Crippen LogP contribution in [0.3, 0.4) is 0 Å². The molecule has 0 aliphatic carbocycles. The number of alkyl halides is 3. The van der Waals surface area contributed by atoms with E-state index in [4.69, 9.17) is 9.15 Å². The SMILES string of the molecule is COc1cc2occ(CC(=O)Nc3cccnc3)c2cc1C(F)(F)F. The molecule has 1 amide bonds. The predicted octanol–water partition coefficient (Wildman–Crippen LogP) is 4.04.